The van der Waals surface area contributed by atoms with Crippen LogP contribution in [0, 0.1) is 0 Å². The van der Waals surface area contributed by atoms with Crippen molar-refractivity contribution in [3.8, 4) is 11.1 Å². The molecule has 0 heterocycles. The molecule has 5 nitrogen and oxygen atoms in total. The van der Waals surface area contributed by atoms with Crippen molar-refractivity contribution in [3.63, 3.8) is 0 Å². The zero-order chi connectivity index (χ0) is 13.4. The Morgan fingerprint density at radius 2 is 1.33 bits per heavy atom. The van der Waals surface area contributed by atoms with E-state index in [2.05, 4.69) is 15.6 Å². The van der Waals surface area contributed by atoms with E-state index in [9.17, 15) is 0 Å². The zero-order valence-electron chi connectivity index (χ0n) is 9.36. The van der Waals surface area contributed by atoms with E-state index in [-0.39, 0.29) is 0 Å². The molecule has 2 aromatic carbocycles. The molecule has 0 radical (unpaired) electrons. The van der Waals surface area contributed by atoms with Crippen LogP contribution < -0.4 is 5.53 Å². The highest BCUT2D eigenvalue weighted by atomic mass is 35.5. The molecular formula is C12H10ClN5. The summed E-state index contributed by atoms with van der Waals surface area (Å²) < 4.78 is 0. The van der Waals surface area contributed by atoms with Gasteiger partial charge in [0.1, 0.15) is 0 Å². The van der Waals surface area contributed by atoms with Gasteiger partial charge in [-0.15, -0.1) is 0 Å². The summed E-state index contributed by atoms with van der Waals surface area (Å²) in [6, 6.07) is 15.0. The van der Waals surface area contributed by atoms with Crippen molar-refractivity contribution < 1.29 is 5.53 Å². The van der Waals surface area contributed by atoms with E-state index in [0.717, 1.165) is 16.1 Å². The first kappa shape index (κ1) is 13.7. The molecule has 0 saturated heterocycles. The van der Waals surface area contributed by atoms with Gasteiger partial charge in [0.2, 0.25) is 0 Å². The van der Waals surface area contributed by atoms with Crippen LogP contribution in [-0.2, 0) is 0 Å². The second-order valence-corrected chi connectivity index (χ2v) is 3.68. The van der Waals surface area contributed by atoms with Crippen LogP contribution in [0.1, 0.15) is 0 Å². The van der Waals surface area contributed by atoms with Crippen molar-refractivity contribution in [2.45, 2.75) is 0 Å². The molecular weight excluding hydrogens is 250 g/mol. The van der Waals surface area contributed by atoms with Gasteiger partial charge in [0, 0.05) is 15.6 Å². The Labute approximate surface area is 109 Å². The molecule has 0 spiro atoms. The van der Waals surface area contributed by atoms with Gasteiger partial charge in [-0.05, 0) is 28.8 Å². The summed E-state index contributed by atoms with van der Waals surface area (Å²) in [4.78, 5) is 2.73. The highest BCUT2D eigenvalue weighted by Crippen LogP contribution is 2.23. The fraction of sp³-hybridized carbons (Fsp3) is 0. The van der Waals surface area contributed by atoms with Crippen molar-refractivity contribution in [2.75, 3.05) is 0 Å². The van der Waals surface area contributed by atoms with Crippen LogP contribution >= 0.6 is 11.6 Å². The molecule has 0 aliphatic rings. The highest BCUT2D eigenvalue weighted by Gasteiger charge is 1.97. The summed E-state index contributed by atoms with van der Waals surface area (Å²) in [6.45, 7) is 0. The maximum absolute atomic E-state index is 8.28. The molecule has 0 bridgehead atoms. The molecule has 2 rings (SSSR count). The van der Waals surface area contributed by atoms with Gasteiger partial charge in [-0.3, -0.25) is 0 Å². The van der Waals surface area contributed by atoms with E-state index in [4.69, 9.17) is 22.7 Å². The molecule has 0 aliphatic carbocycles. The minimum Gasteiger partial charge on any atom is -0.510 e. The van der Waals surface area contributed by atoms with Crippen LogP contribution in [0.5, 0.6) is 0 Å². The van der Waals surface area contributed by atoms with Crippen molar-refractivity contribution in [3.05, 3.63) is 69.5 Å². The maximum Gasteiger partial charge on any atom is 0.0406 e. The summed E-state index contributed by atoms with van der Waals surface area (Å²) in [7, 11) is 0. The summed E-state index contributed by atoms with van der Waals surface area (Å²) in [5.41, 5.74) is 21.0. The second kappa shape index (κ2) is 7.06. The smallest absolute Gasteiger partial charge is 0.0406 e. The lowest BCUT2D eigenvalue weighted by Crippen LogP contribution is -2.15. The average molecular weight is 260 g/mol. The lowest BCUT2D eigenvalue weighted by molar-refractivity contribution is -0.143. The molecule has 0 fully saturated rings. The first-order chi connectivity index (χ1) is 8.79. The van der Waals surface area contributed by atoms with Gasteiger partial charge >= 0.3 is 0 Å². The Hall–Kier alpha value is -2.36. The third-order valence-electron chi connectivity index (χ3n) is 2.21. The Balaban J connectivity index is 0.000000771. The number of azide groups is 1. The van der Waals surface area contributed by atoms with Crippen LogP contribution in [0.4, 0.5) is 5.69 Å². The summed E-state index contributed by atoms with van der Waals surface area (Å²) >= 11 is 5.81. The van der Waals surface area contributed by atoms with Crippen LogP contribution in [0.25, 0.3) is 27.1 Å². The number of nitrogens with two attached hydrogens (primary N) is 1. The maximum atomic E-state index is 8.28. The number of nitrogens with zero attached hydrogens (tertiary/aromatic N) is 4. The van der Waals surface area contributed by atoms with E-state index in [0.29, 0.717) is 5.69 Å². The SMILES string of the molecule is [N-]=[N+]=Nc1ccc(-c2ccc(Cl)cc2)cc1.[N-]=[NH2+]. The van der Waals surface area contributed by atoms with Crippen molar-refractivity contribution in [1.82, 2.24) is 0 Å². The highest BCUT2D eigenvalue weighted by molar-refractivity contribution is 6.30. The fourth-order valence-electron chi connectivity index (χ4n) is 1.41. The number of halogens is 1. The number of hydrogen-bond acceptors (Lipinski definition) is 1. The van der Waals surface area contributed by atoms with Crippen LogP contribution in [-0.4, -0.2) is 0 Å². The molecule has 6 heteroatoms. The van der Waals surface area contributed by atoms with Crippen molar-refractivity contribution in [1.29, 1.82) is 0 Å². The first-order valence-electron chi connectivity index (χ1n) is 4.96. The van der Waals surface area contributed by atoms with Crippen molar-refractivity contribution in [2.24, 2.45) is 5.11 Å². The van der Waals surface area contributed by atoms with E-state index >= 15 is 0 Å². The van der Waals surface area contributed by atoms with Gasteiger partial charge in [0.15, 0.2) is 0 Å². The molecule has 2 N–H and O–H groups in total. The Morgan fingerprint density at radius 1 is 0.889 bits per heavy atom. The minimum atomic E-state index is 0.611. The summed E-state index contributed by atoms with van der Waals surface area (Å²) in [5.74, 6) is 0. The van der Waals surface area contributed by atoms with Crippen molar-refractivity contribution >= 4 is 17.3 Å². The number of rotatable bonds is 2. The van der Waals surface area contributed by atoms with E-state index in [1.165, 1.54) is 0 Å². The molecule has 0 saturated carbocycles. The molecule has 90 valence electrons. The largest absolute Gasteiger partial charge is 0.510 e. The molecule has 0 aliphatic heterocycles. The Morgan fingerprint density at radius 3 is 1.78 bits per heavy atom. The molecule has 0 unspecified atom stereocenters. The molecule has 0 atom stereocenters. The third-order valence-corrected chi connectivity index (χ3v) is 2.46. The monoisotopic (exact) mass is 259 g/mol. The quantitative estimate of drug-likeness (QED) is 0.483. The predicted molar refractivity (Wildman–Crippen MR) is 71.0 cm³/mol. The molecule has 2 aromatic rings. The summed E-state index contributed by atoms with van der Waals surface area (Å²) in [5, 5.41) is 4.23. The Kier molecular flexibility index (Phi) is 5.38. The van der Waals surface area contributed by atoms with Gasteiger partial charge in [0.25, 0.3) is 0 Å². The van der Waals surface area contributed by atoms with E-state index < -0.39 is 0 Å². The third kappa shape index (κ3) is 3.59. The van der Waals surface area contributed by atoms with Crippen LogP contribution in [0.3, 0.4) is 0 Å². The lowest BCUT2D eigenvalue weighted by atomic mass is 10.1. The Bertz CT molecular complexity index is 544. The van der Waals surface area contributed by atoms with E-state index in [1.54, 1.807) is 12.1 Å². The molecule has 0 amide bonds. The van der Waals surface area contributed by atoms with Gasteiger partial charge in [-0.2, -0.15) is 0 Å². The number of hydrogen-bond donors (Lipinski definition) is 1. The standard InChI is InChI=1S/C12H8ClN3.H2N2/c13-11-5-1-9(2-6-11)10-3-7-12(8-4-10)15-16-14;1-2/h1-8H;1H2. The van der Waals surface area contributed by atoms with E-state index in [1.807, 2.05) is 36.4 Å². The predicted octanol–water partition coefficient (Wildman–Crippen LogP) is 3.72. The first-order valence-corrected chi connectivity index (χ1v) is 5.34. The average Bonchev–Trinajstić information content (AvgIpc) is 2.43. The van der Waals surface area contributed by atoms with Gasteiger partial charge in [-0.1, -0.05) is 53.1 Å². The second-order valence-electron chi connectivity index (χ2n) is 3.24. The topological polar surface area (TPSA) is 96.7 Å². The number of benzene rings is 2. The molecule has 18 heavy (non-hydrogen) atoms. The van der Waals surface area contributed by atoms with Gasteiger partial charge in [-0.25, -0.2) is 0 Å². The van der Waals surface area contributed by atoms with Gasteiger partial charge < -0.3 is 11.1 Å². The van der Waals surface area contributed by atoms with Crippen LogP contribution in [0.15, 0.2) is 53.6 Å². The fourth-order valence-corrected chi connectivity index (χ4v) is 1.54. The normalized spacial score (nSPS) is 8.72. The zero-order valence-corrected chi connectivity index (χ0v) is 10.1. The van der Waals surface area contributed by atoms with Gasteiger partial charge in [0.05, 0.1) is 0 Å². The lowest BCUT2D eigenvalue weighted by Gasteiger charge is -2.01. The van der Waals surface area contributed by atoms with Crippen LogP contribution in [0.2, 0.25) is 5.02 Å². The minimum absolute atomic E-state index is 0.611. The molecule has 0 aromatic heterocycles. The summed E-state index contributed by atoms with van der Waals surface area (Å²) in [6.07, 6.45) is 0.